The van der Waals surface area contributed by atoms with Crippen LogP contribution in [0.25, 0.3) is 11.1 Å². The number of likely N-dealkylation sites (N-methyl/N-ethyl adjacent to an activating group) is 1. The molecule has 20 heavy (non-hydrogen) atoms. The summed E-state index contributed by atoms with van der Waals surface area (Å²) in [6.45, 7) is 2.02. The predicted octanol–water partition coefficient (Wildman–Crippen LogP) is 1.64. The second-order valence-corrected chi connectivity index (χ2v) is 5.44. The summed E-state index contributed by atoms with van der Waals surface area (Å²) in [5, 5.41) is 10.6. The molecule has 104 valence electrons. The third-order valence-corrected chi connectivity index (χ3v) is 4.05. The van der Waals surface area contributed by atoms with Gasteiger partial charge in [0.1, 0.15) is 6.54 Å². The molecule has 2 aromatic carbocycles. The predicted molar refractivity (Wildman–Crippen MR) is 79.3 cm³/mol. The fourth-order valence-electron chi connectivity index (χ4n) is 2.97. The van der Waals surface area contributed by atoms with Gasteiger partial charge in [0.2, 0.25) is 0 Å². The minimum Gasteiger partial charge on any atom is -0.504 e. The van der Waals surface area contributed by atoms with Crippen molar-refractivity contribution in [2.75, 3.05) is 20.7 Å². The number of quaternary nitrogens is 1. The van der Waals surface area contributed by atoms with Crippen LogP contribution in [-0.2, 0) is 13.0 Å². The van der Waals surface area contributed by atoms with E-state index in [9.17, 15) is 5.11 Å². The molecule has 1 aliphatic heterocycles. The van der Waals surface area contributed by atoms with Crippen molar-refractivity contribution >= 4 is 0 Å². The van der Waals surface area contributed by atoms with Crippen molar-refractivity contribution < 1.29 is 14.7 Å². The molecule has 1 unspecified atom stereocenters. The van der Waals surface area contributed by atoms with Gasteiger partial charge in [-0.2, -0.15) is 0 Å². The number of methoxy groups -OCH3 is 1. The van der Waals surface area contributed by atoms with E-state index in [1.165, 1.54) is 16.0 Å². The topological polar surface area (TPSA) is 33.9 Å². The number of benzene rings is 2. The first-order valence-corrected chi connectivity index (χ1v) is 6.99. The Bertz CT molecular complexity index is 637. The maximum atomic E-state index is 10.6. The fraction of sp³-hybridized carbons (Fsp3) is 0.294. The zero-order chi connectivity index (χ0) is 14.1. The van der Waals surface area contributed by atoms with E-state index >= 15 is 0 Å². The molecule has 1 atom stereocenters. The highest BCUT2D eigenvalue weighted by atomic mass is 16.5. The monoisotopic (exact) mass is 270 g/mol. The van der Waals surface area contributed by atoms with Crippen molar-refractivity contribution in [3.8, 4) is 22.6 Å². The van der Waals surface area contributed by atoms with Crippen molar-refractivity contribution in [2.24, 2.45) is 0 Å². The molecule has 0 radical (unpaired) electrons. The number of hydrogen-bond acceptors (Lipinski definition) is 2. The SMILES string of the molecule is COc1ccc2c(c1O)-c1ccccc1CC[NH+](C)C2. The van der Waals surface area contributed by atoms with Crippen LogP contribution >= 0.6 is 0 Å². The van der Waals surface area contributed by atoms with Gasteiger partial charge in [-0.1, -0.05) is 24.3 Å². The van der Waals surface area contributed by atoms with Gasteiger partial charge in [-0.3, -0.25) is 0 Å². The zero-order valence-electron chi connectivity index (χ0n) is 11.9. The first-order valence-electron chi connectivity index (χ1n) is 6.99. The lowest BCUT2D eigenvalue weighted by atomic mass is 9.91. The van der Waals surface area contributed by atoms with Crippen LogP contribution in [0.1, 0.15) is 11.1 Å². The molecule has 2 N–H and O–H groups in total. The van der Waals surface area contributed by atoms with E-state index in [1.54, 1.807) is 7.11 Å². The van der Waals surface area contributed by atoms with Gasteiger partial charge in [0, 0.05) is 17.5 Å². The van der Waals surface area contributed by atoms with Crippen LogP contribution in [0.15, 0.2) is 36.4 Å². The Morgan fingerprint density at radius 3 is 2.70 bits per heavy atom. The molecule has 1 aliphatic rings. The van der Waals surface area contributed by atoms with Crippen LogP contribution in [0.3, 0.4) is 0 Å². The molecular weight excluding hydrogens is 250 g/mol. The van der Waals surface area contributed by atoms with E-state index in [0.717, 1.165) is 30.6 Å². The Labute approximate surface area is 119 Å². The second-order valence-electron chi connectivity index (χ2n) is 5.44. The van der Waals surface area contributed by atoms with Gasteiger partial charge in [0.05, 0.1) is 20.7 Å². The molecule has 1 heterocycles. The van der Waals surface area contributed by atoms with Crippen LogP contribution in [0.2, 0.25) is 0 Å². The normalized spacial score (nSPS) is 17.6. The van der Waals surface area contributed by atoms with E-state index < -0.39 is 0 Å². The third-order valence-electron chi connectivity index (χ3n) is 4.05. The van der Waals surface area contributed by atoms with Crippen molar-refractivity contribution in [3.05, 3.63) is 47.5 Å². The van der Waals surface area contributed by atoms with Gasteiger partial charge in [-0.15, -0.1) is 0 Å². The van der Waals surface area contributed by atoms with Crippen LogP contribution in [0, 0.1) is 0 Å². The van der Waals surface area contributed by atoms with Crippen LogP contribution in [0.5, 0.6) is 11.5 Å². The van der Waals surface area contributed by atoms with E-state index in [-0.39, 0.29) is 5.75 Å². The van der Waals surface area contributed by atoms with Crippen LogP contribution in [-0.4, -0.2) is 25.8 Å². The van der Waals surface area contributed by atoms with Crippen molar-refractivity contribution in [3.63, 3.8) is 0 Å². The molecule has 0 aromatic heterocycles. The zero-order valence-corrected chi connectivity index (χ0v) is 11.9. The number of rotatable bonds is 1. The van der Waals surface area contributed by atoms with E-state index in [0.29, 0.717) is 5.75 Å². The number of aromatic hydroxyl groups is 1. The smallest absolute Gasteiger partial charge is 0.166 e. The number of phenols is 1. The summed E-state index contributed by atoms with van der Waals surface area (Å²) in [7, 11) is 3.78. The Balaban J connectivity index is 2.28. The fourth-order valence-corrected chi connectivity index (χ4v) is 2.97. The van der Waals surface area contributed by atoms with Crippen molar-refractivity contribution in [1.29, 1.82) is 0 Å². The van der Waals surface area contributed by atoms with Gasteiger partial charge in [-0.25, -0.2) is 0 Å². The Kier molecular flexibility index (Phi) is 3.36. The molecule has 0 amide bonds. The number of nitrogens with one attached hydrogen (secondary N) is 1. The minimum atomic E-state index is 0.257. The molecule has 0 aliphatic carbocycles. The number of hydrogen-bond donors (Lipinski definition) is 2. The largest absolute Gasteiger partial charge is 0.504 e. The maximum absolute atomic E-state index is 10.6. The number of ether oxygens (including phenoxy) is 1. The molecule has 2 aromatic rings. The lowest BCUT2D eigenvalue weighted by molar-refractivity contribution is -0.893. The standard InChI is InChI=1S/C17H19NO2/c1-18-10-9-12-5-3-4-6-14(12)16-13(11-18)7-8-15(20-2)17(16)19/h3-8,19H,9-11H2,1-2H3/p+1. The lowest BCUT2D eigenvalue weighted by Gasteiger charge is -2.23. The van der Waals surface area contributed by atoms with Gasteiger partial charge in [-0.05, 0) is 23.3 Å². The maximum Gasteiger partial charge on any atom is 0.166 e. The first-order chi connectivity index (χ1) is 9.70. The molecular formula is C17H20NO2+. The van der Waals surface area contributed by atoms with Crippen LogP contribution in [0.4, 0.5) is 0 Å². The molecule has 0 bridgehead atoms. The molecule has 0 spiro atoms. The van der Waals surface area contributed by atoms with Crippen LogP contribution < -0.4 is 9.64 Å². The summed E-state index contributed by atoms with van der Waals surface area (Å²) in [4.78, 5) is 1.45. The summed E-state index contributed by atoms with van der Waals surface area (Å²) < 4.78 is 5.27. The Morgan fingerprint density at radius 1 is 1.10 bits per heavy atom. The molecule has 0 fully saturated rings. The minimum absolute atomic E-state index is 0.257. The summed E-state index contributed by atoms with van der Waals surface area (Å²) in [5.41, 5.74) is 4.52. The molecule has 0 saturated carbocycles. The van der Waals surface area contributed by atoms with Crippen molar-refractivity contribution in [1.82, 2.24) is 0 Å². The quantitative estimate of drug-likeness (QED) is 0.826. The Hall–Kier alpha value is -2.00. The summed E-state index contributed by atoms with van der Waals surface area (Å²) >= 11 is 0. The van der Waals surface area contributed by atoms with Gasteiger partial charge >= 0.3 is 0 Å². The summed E-state index contributed by atoms with van der Waals surface area (Å²) in [6.07, 6.45) is 1.03. The summed E-state index contributed by atoms with van der Waals surface area (Å²) in [5.74, 6) is 0.795. The highest BCUT2D eigenvalue weighted by molar-refractivity contribution is 5.79. The molecule has 3 rings (SSSR count). The number of fused-ring (bicyclic) bond motifs is 3. The van der Waals surface area contributed by atoms with Gasteiger partial charge in [0.15, 0.2) is 11.5 Å². The summed E-state index contributed by atoms with van der Waals surface area (Å²) in [6, 6.07) is 12.3. The third kappa shape index (κ3) is 2.14. The average molecular weight is 270 g/mol. The van der Waals surface area contributed by atoms with Crippen molar-refractivity contribution in [2.45, 2.75) is 13.0 Å². The van der Waals surface area contributed by atoms with Gasteiger partial charge in [0.25, 0.3) is 0 Å². The highest BCUT2D eigenvalue weighted by Crippen LogP contribution is 2.41. The van der Waals surface area contributed by atoms with E-state index in [2.05, 4.69) is 31.3 Å². The van der Waals surface area contributed by atoms with E-state index in [1.807, 2.05) is 12.1 Å². The Morgan fingerprint density at radius 2 is 1.90 bits per heavy atom. The second kappa shape index (κ2) is 5.17. The van der Waals surface area contributed by atoms with E-state index in [4.69, 9.17) is 4.74 Å². The molecule has 3 nitrogen and oxygen atoms in total. The average Bonchev–Trinajstić information content (AvgIpc) is 2.44. The first kappa shape index (κ1) is 13.0. The molecule has 3 heteroatoms. The number of phenolic OH excluding ortho intramolecular Hbond substituents is 1. The molecule has 0 saturated heterocycles. The van der Waals surface area contributed by atoms with Gasteiger partial charge < -0.3 is 14.7 Å². The lowest BCUT2D eigenvalue weighted by Crippen LogP contribution is -3.08. The highest BCUT2D eigenvalue weighted by Gasteiger charge is 2.22.